The summed E-state index contributed by atoms with van der Waals surface area (Å²) in [5, 5.41) is 9.09. The van der Waals surface area contributed by atoms with E-state index in [1.165, 1.54) is 6.42 Å². The lowest BCUT2D eigenvalue weighted by molar-refractivity contribution is -0.146. The first-order valence-corrected chi connectivity index (χ1v) is 5.64. The van der Waals surface area contributed by atoms with Crippen LogP contribution in [-0.2, 0) is 9.53 Å². The number of likely N-dealkylation sites (tertiary alicyclic amines) is 1. The number of carbonyl (C=O) groups is 1. The Morgan fingerprint density at radius 2 is 2.40 bits per heavy atom. The van der Waals surface area contributed by atoms with E-state index in [4.69, 9.17) is 9.84 Å². The summed E-state index contributed by atoms with van der Waals surface area (Å²) in [4.78, 5) is 13.1. The maximum Gasteiger partial charge on any atom is 0.323 e. The van der Waals surface area contributed by atoms with E-state index < -0.39 is 12.0 Å². The zero-order valence-electron chi connectivity index (χ0n) is 9.61. The molecule has 1 saturated heterocycles. The van der Waals surface area contributed by atoms with E-state index in [2.05, 4.69) is 6.92 Å². The summed E-state index contributed by atoms with van der Waals surface area (Å²) in [5.74, 6) is -0.119. The molecule has 1 aliphatic rings. The van der Waals surface area contributed by atoms with Crippen LogP contribution < -0.4 is 0 Å². The fraction of sp³-hybridized carbons (Fsp3) is 0.909. The van der Waals surface area contributed by atoms with Gasteiger partial charge in [-0.2, -0.15) is 0 Å². The van der Waals surface area contributed by atoms with Gasteiger partial charge in [-0.25, -0.2) is 0 Å². The molecule has 0 saturated carbocycles. The lowest BCUT2D eigenvalue weighted by Crippen LogP contribution is -2.48. The van der Waals surface area contributed by atoms with E-state index in [0.29, 0.717) is 5.92 Å². The molecule has 1 fully saturated rings. The highest BCUT2D eigenvalue weighted by Crippen LogP contribution is 2.21. The molecule has 0 radical (unpaired) electrons. The van der Waals surface area contributed by atoms with Crippen LogP contribution in [0.3, 0.4) is 0 Å². The third-order valence-electron chi connectivity index (χ3n) is 3.18. The van der Waals surface area contributed by atoms with Gasteiger partial charge >= 0.3 is 5.97 Å². The van der Waals surface area contributed by atoms with Gasteiger partial charge in [0.05, 0.1) is 6.61 Å². The Morgan fingerprint density at radius 3 is 2.93 bits per heavy atom. The van der Waals surface area contributed by atoms with Crippen molar-refractivity contribution in [3.05, 3.63) is 0 Å². The minimum Gasteiger partial charge on any atom is -0.480 e. The molecule has 4 heteroatoms. The van der Waals surface area contributed by atoms with E-state index in [0.717, 1.165) is 25.9 Å². The largest absolute Gasteiger partial charge is 0.480 e. The highest BCUT2D eigenvalue weighted by molar-refractivity contribution is 5.73. The van der Waals surface area contributed by atoms with Gasteiger partial charge in [-0.1, -0.05) is 13.3 Å². The molecule has 15 heavy (non-hydrogen) atoms. The molecule has 1 N–H and O–H groups in total. The number of methoxy groups -OCH3 is 1. The Labute approximate surface area is 91.2 Å². The molecule has 1 heterocycles. The molecular formula is C11H21NO3. The van der Waals surface area contributed by atoms with Crippen molar-refractivity contribution in [2.75, 3.05) is 26.8 Å². The van der Waals surface area contributed by atoms with Gasteiger partial charge in [0.2, 0.25) is 0 Å². The lowest BCUT2D eigenvalue weighted by atomic mass is 9.94. The van der Waals surface area contributed by atoms with Crippen molar-refractivity contribution < 1.29 is 14.6 Å². The van der Waals surface area contributed by atoms with Crippen LogP contribution in [-0.4, -0.2) is 48.8 Å². The number of nitrogens with zero attached hydrogens (tertiary/aromatic N) is 1. The first-order chi connectivity index (χ1) is 7.19. The lowest BCUT2D eigenvalue weighted by Gasteiger charge is -2.35. The molecule has 0 spiro atoms. The average Bonchev–Trinajstić information content (AvgIpc) is 2.25. The molecule has 88 valence electrons. The van der Waals surface area contributed by atoms with E-state index in [1.807, 2.05) is 4.90 Å². The number of carboxylic acids is 1. The molecule has 4 nitrogen and oxygen atoms in total. The second kappa shape index (κ2) is 6.08. The van der Waals surface area contributed by atoms with E-state index in [1.54, 1.807) is 7.11 Å². The number of ether oxygens (including phenoxy) is 1. The minimum absolute atomic E-state index is 0.283. The van der Waals surface area contributed by atoms with Crippen LogP contribution in [0.4, 0.5) is 0 Å². The Balaban J connectivity index is 2.54. The smallest absolute Gasteiger partial charge is 0.323 e. The Morgan fingerprint density at radius 1 is 1.67 bits per heavy atom. The topological polar surface area (TPSA) is 49.8 Å². The van der Waals surface area contributed by atoms with Gasteiger partial charge in [0.25, 0.3) is 0 Å². The van der Waals surface area contributed by atoms with Crippen LogP contribution in [0.5, 0.6) is 0 Å². The van der Waals surface area contributed by atoms with Crippen LogP contribution in [0.15, 0.2) is 0 Å². The molecule has 0 aromatic rings. The van der Waals surface area contributed by atoms with Crippen LogP contribution in [0.2, 0.25) is 0 Å². The van der Waals surface area contributed by atoms with E-state index >= 15 is 0 Å². The third-order valence-corrected chi connectivity index (χ3v) is 3.18. The van der Waals surface area contributed by atoms with Gasteiger partial charge in [0.15, 0.2) is 0 Å². The van der Waals surface area contributed by atoms with Crippen molar-refractivity contribution in [2.45, 2.75) is 32.2 Å². The van der Waals surface area contributed by atoms with Crippen molar-refractivity contribution in [1.29, 1.82) is 0 Å². The van der Waals surface area contributed by atoms with Crippen LogP contribution in [0.1, 0.15) is 26.2 Å². The Bertz CT molecular complexity index is 208. The molecule has 2 unspecified atom stereocenters. The van der Waals surface area contributed by atoms with Gasteiger partial charge < -0.3 is 9.84 Å². The first-order valence-electron chi connectivity index (χ1n) is 5.64. The number of hydrogen-bond acceptors (Lipinski definition) is 3. The summed E-state index contributed by atoms with van der Waals surface area (Å²) in [6.45, 7) is 4.24. The number of piperidine rings is 1. The molecule has 0 aromatic heterocycles. The van der Waals surface area contributed by atoms with E-state index in [-0.39, 0.29) is 6.61 Å². The highest BCUT2D eigenvalue weighted by Gasteiger charge is 2.29. The van der Waals surface area contributed by atoms with E-state index in [9.17, 15) is 4.79 Å². The summed E-state index contributed by atoms with van der Waals surface area (Å²) in [6.07, 6.45) is 3.47. The van der Waals surface area contributed by atoms with Gasteiger partial charge in [0, 0.05) is 13.7 Å². The minimum atomic E-state index is -0.770. The maximum atomic E-state index is 11.1. The molecule has 1 aliphatic heterocycles. The van der Waals surface area contributed by atoms with Crippen molar-refractivity contribution >= 4 is 5.97 Å². The molecular weight excluding hydrogens is 194 g/mol. The zero-order valence-corrected chi connectivity index (χ0v) is 9.61. The number of aliphatic carboxylic acids is 1. The van der Waals surface area contributed by atoms with Crippen LogP contribution in [0, 0.1) is 5.92 Å². The summed E-state index contributed by atoms with van der Waals surface area (Å²) >= 11 is 0. The standard InChI is InChI=1S/C11H21NO3/c1-3-9-5-4-6-12(7-9)10(8-15-2)11(13)14/h9-10H,3-8H2,1-2H3,(H,13,14). The van der Waals surface area contributed by atoms with Gasteiger partial charge in [-0.05, 0) is 25.3 Å². The van der Waals surface area contributed by atoms with Gasteiger partial charge in [0.1, 0.15) is 6.04 Å². The van der Waals surface area contributed by atoms with Crippen molar-refractivity contribution in [3.63, 3.8) is 0 Å². The van der Waals surface area contributed by atoms with Gasteiger partial charge in [-0.15, -0.1) is 0 Å². The SMILES string of the molecule is CCC1CCCN(C(COC)C(=O)O)C1. The van der Waals surface area contributed by atoms with Gasteiger partial charge in [-0.3, -0.25) is 9.69 Å². The second-order valence-corrected chi connectivity index (χ2v) is 4.22. The number of rotatable bonds is 5. The van der Waals surface area contributed by atoms with Crippen LogP contribution in [0.25, 0.3) is 0 Å². The molecule has 0 bridgehead atoms. The number of hydrogen-bond donors (Lipinski definition) is 1. The maximum absolute atomic E-state index is 11.1. The summed E-state index contributed by atoms with van der Waals surface area (Å²) in [5.41, 5.74) is 0. The third kappa shape index (κ3) is 3.47. The predicted octanol–water partition coefficient (Wildman–Crippen LogP) is 1.21. The molecule has 0 aliphatic carbocycles. The summed E-state index contributed by atoms with van der Waals surface area (Å²) in [7, 11) is 1.55. The highest BCUT2D eigenvalue weighted by atomic mass is 16.5. The predicted molar refractivity (Wildman–Crippen MR) is 57.9 cm³/mol. The average molecular weight is 215 g/mol. The summed E-state index contributed by atoms with van der Waals surface area (Å²) < 4.78 is 4.96. The monoisotopic (exact) mass is 215 g/mol. The fourth-order valence-electron chi connectivity index (χ4n) is 2.20. The normalized spacial score (nSPS) is 25.1. The van der Waals surface area contributed by atoms with Crippen molar-refractivity contribution in [2.24, 2.45) is 5.92 Å². The van der Waals surface area contributed by atoms with Crippen LogP contribution >= 0.6 is 0 Å². The summed E-state index contributed by atoms with van der Waals surface area (Å²) in [6, 6.07) is -0.468. The molecule has 0 aromatic carbocycles. The Hall–Kier alpha value is -0.610. The molecule has 0 amide bonds. The quantitative estimate of drug-likeness (QED) is 0.749. The molecule has 2 atom stereocenters. The fourth-order valence-corrected chi connectivity index (χ4v) is 2.20. The Kier molecular flexibility index (Phi) is 5.05. The zero-order chi connectivity index (χ0) is 11.3. The first kappa shape index (κ1) is 12.5. The number of carboxylic acid groups (broad SMARTS) is 1. The molecule has 1 rings (SSSR count). The van der Waals surface area contributed by atoms with Crippen molar-refractivity contribution in [1.82, 2.24) is 4.90 Å². The second-order valence-electron chi connectivity index (χ2n) is 4.22. The van der Waals surface area contributed by atoms with Crippen molar-refractivity contribution in [3.8, 4) is 0 Å².